The van der Waals surface area contributed by atoms with E-state index in [4.69, 9.17) is 9.47 Å². The van der Waals surface area contributed by atoms with E-state index in [9.17, 15) is 19.1 Å². The molecule has 1 saturated heterocycles. The van der Waals surface area contributed by atoms with Crippen molar-refractivity contribution in [1.82, 2.24) is 4.98 Å². The molecular formula is C28H30FNO5. The summed E-state index contributed by atoms with van der Waals surface area (Å²) in [4.78, 5) is 28.4. The summed E-state index contributed by atoms with van der Waals surface area (Å²) >= 11 is 0. The third kappa shape index (κ3) is 5.85. The van der Waals surface area contributed by atoms with E-state index in [0.29, 0.717) is 30.4 Å². The zero-order chi connectivity index (χ0) is 25.2. The number of allylic oxidation sites excluding steroid dienone is 2. The number of esters is 2. The zero-order valence-corrected chi connectivity index (χ0v) is 20.2. The van der Waals surface area contributed by atoms with E-state index in [1.54, 1.807) is 49.7 Å². The number of ether oxygens (including phenoxy) is 2. The molecule has 0 bridgehead atoms. The summed E-state index contributed by atoms with van der Waals surface area (Å²) in [6.07, 6.45) is 6.59. The Bertz CT molecular complexity index is 1170. The summed E-state index contributed by atoms with van der Waals surface area (Å²) in [6.45, 7) is 5.85. The Kier molecular flexibility index (Phi) is 7.17. The minimum Gasteiger partial charge on any atom is -0.458 e. The Balaban J connectivity index is 1.68. The Morgan fingerprint density at radius 1 is 1.23 bits per heavy atom. The van der Waals surface area contributed by atoms with E-state index < -0.39 is 29.6 Å². The zero-order valence-electron chi connectivity index (χ0n) is 20.2. The number of carbonyl (C=O) groups excluding carboxylic acids is 2. The largest absolute Gasteiger partial charge is 0.458 e. The van der Waals surface area contributed by atoms with Gasteiger partial charge in [0.15, 0.2) is 0 Å². The topological polar surface area (TPSA) is 85.7 Å². The molecule has 0 saturated carbocycles. The van der Waals surface area contributed by atoms with Gasteiger partial charge in [-0.25, -0.2) is 9.18 Å². The van der Waals surface area contributed by atoms with E-state index >= 15 is 0 Å². The van der Waals surface area contributed by atoms with E-state index in [2.05, 4.69) is 18.8 Å². The first-order valence-electron chi connectivity index (χ1n) is 11.8. The van der Waals surface area contributed by atoms with Crippen molar-refractivity contribution in [2.75, 3.05) is 0 Å². The van der Waals surface area contributed by atoms with Crippen LogP contribution >= 0.6 is 0 Å². The average Bonchev–Trinajstić information content (AvgIpc) is 2.79. The van der Waals surface area contributed by atoms with Crippen molar-refractivity contribution < 1.29 is 28.6 Å². The number of carbonyl (C=O) groups is 2. The molecule has 2 aromatic rings. The predicted octanol–water partition coefficient (Wildman–Crippen LogP) is 4.95. The highest BCUT2D eigenvalue weighted by Crippen LogP contribution is 2.46. The minimum absolute atomic E-state index is 0.00313. The Morgan fingerprint density at radius 2 is 1.97 bits per heavy atom. The van der Waals surface area contributed by atoms with Gasteiger partial charge in [-0.2, -0.15) is 0 Å². The lowest BCUT2D eigenvalue weighted by molar-refractivity contribution is -0.156. The number of halogens is 1. The fourth-order valence-corrected chi connectivity index (χ4v) is 4.85. The van der Waals surface area contributed by atoms with Crippen LogP contribution in [0.4, 0.5) is 4.39 Å². The summed E-state index contributed by atoms with van der Waals surface area (Å²) < 4.78 is 25.3. The van der Waals surface area contributed by atoms with Crippen LogP contribution in [-0.4, -0.2) is 40.3 Å². The maximum Gasteiger partial charge on any atom is 0.338 e. The molecule has 4 rings (SSSR count). The van der Waals surface area contributed by atoms with Crippen LogP contribution < -0.4 is 0 Å². The fourth-order valence-electron chi connectivity index (χ4n) is 4.85. The van der Waals surface area contributed by atoms with Gasteiger partial charge in [-0.15, -0.1) is 0 Å². The van der Waals surface area contributed by atoms with Crippen molar-refractivity contribution in [2.24, 2.45) is 5.41 Å². The van der Waals surface area contributed by atoms with Gasteiger partial charge in [-0.05, 0) is 71.4 Å². The molecule has 1 aliphatic heterocycles. The van der Waals surface area contributed by atoms with Crippen molar-refractivity contribution in [3.05, 3.63) is 83.0 Å². The van der Waals surface area contributed by atoms with Gasteiger partial charge in [0.1, 0.15) is 18.0 Å². The Hall–Kier alpha value is -3.32. The van der Waals surface area contributed by atoms with Gasteiger partial charge in [0.05, 0.1) is 18.1 Å². The first-order valence-corrected chi connectivity index (χ1v) is 11.8. The van der Waals surface area contributed by atoms with Crippen LogP contribution in [0.3, 0.4) is 0 Å². The number of nitrogens with zero attached hydrogens (tertiary/aromatic N) is 1. The molecule has 0 spiro atoms. The number of hydrogen-bond donors (Lipinski definition) is 1. The number of pyridine rings is 1. The summed E-state index contributed by atoms with van der Waals surface area (Å²) in [6, 6.07) is 8.21. The van der Waals surface area contributed by atoms with Gasteiger partial charge in [-0.3, -0.25) is 9.78 Å². The molecule has 0 radical (unpaired) electrons. The van der Waals surface area contributed by atoms with Crippen LogP contribution in [-0.2, 0) is 14.3 Å². The monoisotopic (exact) mass is 479 g/mol. The summed E-state index contributed by atoms with van der Waals surface area (Å²) in [5, 5.41) is 9.95. The molecule has 1 fully saturated rings. The van der Waals surface area contributed by atoms with E-state index in [1.165, 1.54) is 6.07 Å². The van der Waals surface area contributed by atoms with E-state index in [-0.39, 0.29) is 18.3 Å². The number of aromatic nitrogens is 1. The number of hydrogen-bond acceptors (Lipinski definition) is 6. The molecule has 1 aromatic carbocycles. The first kappa shape index (κ1) is 24.8. The molecule has 2 aliphatic rings. The summed E-state index contributed by atoms with van der Waals surface area (Å²) in [5.74, 6) is -1.12. The predicted molar refractivity (Wildman–Crippen MR) is 129 cm³/mol. The standard InChI is InChI=1S/C28H30FNO5/c1-17-12-19(4-7-25(17)29)23-15-22(35-27(33)18-8-10-30-11-9-18)16-28(2,3)24(23)6-5-21-13-20(31)14-26(32)34-21/h4-12,20-22,31H,13-16H2,1-3H3/b6-5+/t20-,21-,22?/m1/s1. The van der Waals surface area contributed by atoms with Gasteiger partial charge >= 0.3 is 11.9 Å². The molecular weight excluding hydrogens is 449 g/mol. The van der Waals surface area contributed by atoms with Gasteiger partial charge in [-0.1, -0.05) is 26.0 Å². The molecule has 2 heterocycles. The number of rotatable bonds is 5. The van der Waals surface area contributed by atoms with Gasteiger partial charge in [0.25, 0.3) is 0 Å². The smallest absolute Gasteiger partial charge is 0.338 e. The van der Waals surface area contributed by atoms with Gasteiger partial charge in [0.2, 0.25) is 0 Å². The Labute approximate surface area is 204 Å². The highest BCUT2D eigenvalue weighted by Gasteiger charge is 2.37. The van der Waals surface area contributed by atoms with Crippen LogP contribution in [0.2, 0.25) is 0 Å². The third-order valence-electron chi connectivity index (χ3n) is 6.59. The lowest BCUT2D eigenvalue weighted by Gasteiger charge is -2.38. The van der Waals surface area contributed by atoms with E-state index in [1.807, 2.05) is 6.08 Å². The molecule has 1 unspecified atom stereocenters. The van der Waals surface area contributed by atoms with Gasteiger partial charge in [0, 0.05) is 25.2 Å². The van der Waals surface area contributed by atoms with Crippen molar-refractivity contribution in [1.29, 1.82) is 0 Å². The number of benzene rings is 1. The summed E-state index contributed by atoms with van der Waals surface area (Å²) in [7, 11) is 0. The average molecular weight is 480 g/mol. The second kappa shape index (κ2) is 10.1. The molecule has 1 aromatic heterocycles. The first-order chi connectivity index (χ1) is 16.6. The lowest BCUT2D eigenvalue weighted by atomic mass is 9.69. The molecule has 1 N–H and O–H groups in total. The van der Waals surface area contributed by atoms with Crippen molar-refractivity contribution in [3.8, 4) is 0 Å². The molecule has 0 amide bonds. The quantitative estimate of drug-likeness (QED) is 0.611. The number of aliphatic hydroxyl groups is 1. The molecule has 7 heteroatoms. The molecule has 35 heavy (non-hydrogen) atoms. The molecule has 184 valence electrons. The minimum atomic E-state index is -0.726. The Morgan fingerprint density at radius 3 is 2.66 bits per heavy atom. The van der Waals surface area contributed by atoms with Crippen LogP contribution in [0.15, 0.2) is 60.5 Å². The van der Waals surface area contributed by atoms with Crippen LogP contribution in [0.5, 0.6) is 0 Å². The van der Waals surface area contributed by atoms with Crippen LogP contribution in [0.1, 0.15) is 61.0 Å². The van der Waals surface area contributed by atoms with Crippen molar-refractivity contribution in [2.45, 2.75) is 64.8 Å². The highest BCUT2D eigenvalue weighted by molar-refractivity contribution is 5.89. The second-order valence-electron chi connectivity index (χ2n) is 9.89. The lowest BCUT2D eigenvalue weighted by Crippen LogP contribution is -2.33. The van der Waals surface area contributed by atoms with Crippen molar-refractivity contribution in [3.63, 3.8) is 0 Å². The summed E-state index contributed by atoms with van der Waals surface area (Å²) in [5.41, 5.74) is 3.35. The van der Waals surface area contributed by atoms with Crippen molar-refractivity contribution >= 4 is 17.5 Å². The number of aliphatic hydroxyl groups excluding tert-OH is 1. The van der Waals surface area contributed by atoms with Crippen LogP contribution in [0.25, 0.3) is 5.57 Å². The maximum atomic E-state index is 14.0. The molecule has 6 nitrogen and oxygen atoms in total. The highest BCUT2D eigenvalue weighted by atomic mass is 19.1. The number of aryl methyl sites for hydroxylation is 1. The molecule has 3 atom stereocenters. The SMILES string of the molecule is Cc1cc(C2=C(/C=C/[C@@H]3C[C@@H](O)CC(=O)O3)C(C)(C)CC(OC(=O)c3ccncc3)C2)ccc1F. The third-order valence-corrected chi connectivity index (χ3v) is 6.59. The van der Waals surface area contributed by atoms with E-state index in [0.717, 1.165) is 16.7 Å². The maximum absolute atomic E-state index is 14.0. The number of cyclic esters (lactones) is 1. The normalized spacial score (nSPS) is 24.4. The molecule has 1 aliphatic carbocycles. The fraction of sp³-hybridized carbons (Fsp3) is 0.393. The van der Waals surface area contributed by atoms with Crippen LogP contribution in [0, 0.1) is 18.2 Å². The van der Waals surface area contributed by atoms with Gasteiger partial charge < -0.3 is 14.6 Å². The second-order valence-corrected chi connectivity index (χ2v) is 9.89.